The molecule has 1 aliphatic heterocycles. The first-order valence-electron chi connectivity index (χ1n) is 5.51. The summed E-state index contributed by atoms with van der Waals surface area (Å²) in [6.45, 7) is 0.253. The molecule has 102 valence electrons. The summed E-state index contributed by atoms with van der Waals surface area (Å²) >= 11 is 0. The highest BCUT2D eigenvalue weighted by Gasteiger charge is 2.29. The molecule has 1 fully saturated rings. The summed E-state index contributed by atoms with van der Waals surface area (Å²) in [6.07, 6.45) is 0. The van der Waals surface area contributed by atoms with Crippen LogP contribution in [0.2, 0.25) is 0 Å². The van der Waals surface area contributed by atoms with Gasteiger partial charge in [-0.15, -0.1) is 0 Å². The number of hydrogen-bond donors (Lipinski definition) is 2. The van der Waals surface area contributed by atoms with Crippen molar-refractivity contribution < 1.29 is 23.1 Å². The molecule has 2 N–H and O–H groups in total. The number of carbonyl (C=O) groups excluding carboxylic acids is 1. The number of piperazine rings is 1. The topological polar surface area (TPSA) is 104 Å². The van der Waals surface area contributed by atoms with E-state index in [1.165, 1.54) is 24.3 Å². The highest BCUT2D eigenvalue weighted by Crippen LogP contribution is 2.17. The Kier molecular flexibility index (Phi) is 3.54. The van der Waals surface area contributed by atoms with E-state index >= 15 is 0 Å². The van der Waals surface area contributed by atoms with Crippen LogP contribution >= 0.6 is 0 Å². The molecule has 1 heterocycles. The Balaban J connectivity index is 2.28. The second-order valence-corrected chi connectivity index (χ2v) is 5.96. The quantitative estimate of drug-likeness (QED) is 0.779. The van der Waals surface area contributed by atoms with Crippen molar-refractivity contribution in [3.8, 4) is 0 Å². The molecule has 0 bridgehead atoms. The molecule has 0 unspecified atom stereocenters. The van der Waals surface area contributed by atoms with Gasteiger partial charge in [0.15, 0.2) is 0 Å². The summed E-state index contributed by atoms with van der Waals surface area (Å²) in [5.74, 6) is -1.47. The monoisotopic (exact) mass is 284 g/mol. The predicted molar refractivity (Wildman–Crippen MR) is 65.2 cm³/mol. The number of carboxylic acid groups (broad SMARTS) is 1. The van der Waals surface area contributed by atoms with Gasteiger partial charge in [-0.3, -0.25) is 4.79 Å². The normalized spacial score (nSPS) is 16.9. The van der Waals surface area contributed by atoms with E-state index in [4.69, 9.17) is 5.11 Å². The first-order valence-corrected chi connectivity index (χ1v) is 6.95. The van der Waals surface area contributed by atoms with Gasteiger partial charge in [0.25, 0.3) is 0 Å². The van der Waals surface area contributed by atoms with Crippen molar-refractivity contribution >= 4 is 21.9 Å². The van der Waals surface area contributed by atoms with Gasteiger partial charge in [0.1, 0.15) is 0 Å². The lowest BCUT2D eigenvalue weighted by atomic mass is 10.2. The van der Waals surface area contributed by atoms with E-state index in [9.17, 15) is 18.0 Å². The lowest BCUT2D eigenvalue weighted by Crippen LogP contribution is -2.49. The minimum Gasteiger partial charge on any atom is -0.478 e. The van der Waals surface area contributed by atoms with Crippen LogP contribution < -0.4 is 5.32 Å². The van der Waals surface area contributed by atoms with E-state index in [-0.39, 0.29) is 36.0 Å². The SMILES string of the molecule is O=C1CN(S(=O)(=O)c2ccc(C(=O)O)cc2)CCN1. The highest BCUT2D eigenvalue weighted by molar-refractivity contribution is 7.89. The Morgan fingerprint density at radius 1 is 1.26 bits per heavy atom. The molecule has 1 aromatic rings. The largest absolute Gasteiger partial charge is 0.478 e. The average molecular weight is 284 g/mol. The minimum absolute atomic E-state index is 0.00957. The van der Waals surface area contributed by atoms with Gasteiger partial charge in [0.2, 0.25) is 15.9 Å². The molecule has 1 aromatic carbocycles. The fourth-order valence-corrected chi connectivity index (χ4v) is 3.14. The molecule has 0 saturated carbocycles. The van der Waals surface area contributed by atoms with E-state index in [0.29, 0.717) is 0 Å². The van der Waals surface area contributed by atoms with Gasteiger partial charge in [0.05, 0.1) is 17.0 Å². The number of rotatable bonds is 3. The van der Waals surface area contributed by atoms with Crippen molar-refractivity contribution in [1.29, 1.82) is 0 Å². The Hall–Kier alpha value is -1.93. The molecule has 1 amide bonds. The van der Waals surface area contributed by atoms with Gasteiger partial charge in [-0.1, -0.05) is 0 Å². The van der Waals surface area contributed by atoms with Crippen LogP contribution in [0.25, 0.3) is 0 Å². The molecule has 0 aliphatic carbocycles. The molecule has 1 aliphatic rings. The summed E-state index contributed by atoms with van der Waals surface area (Å²) in [6, 6.07) is 4.90. The van der Waals surface area contributed by atoms with Gasteiger partial charge in [0, 0.05) is 13.1 Å². The summed E-state index contributed by atoms with van der Waals surface area (Å²) in [7, 11) is -3.76. The standard InChI is InChI=1S/C11H12N2O5S/c14-10-7-13(6-5-12-10)19(17,18)9-3-1-8(2-4-9)11(15)16/h1-4H,5-7H2,(H,12,14)(H,15,16). The van der Waals surface area contributed by atoms with Crippen molar-refractivity contribution in [2.45, 2.75) is 4.90 Å². The van der Waals surface area contributed by atoms with E-state index in [1.54, 1.807) is 0 Å². The van der Waals surface area contributed by atoms with Crippen LogP contribution in [0.1, 0.15) is 10.4 Å². The Morgan fingerprint density at radius 2 is 1.89 bits per heavy atom. The zero-order chi connectivity index (χ0) is 14.0. The third-order valence-corrected chi connectivity index (χ3v) is 4.60. The van der Waals surface area contributed by atoms with Crippen molar-refractivity contribution in [3.05, 3.63) is 29.8 Å². The van der Waals surface area contributed by atoms with E-state index in [0.717, 1.165) is 4.31 Å². The van der Waals surface area contributed by atoms with E-state index < -0.39 is 16.0 Å². The molecular weight excluding hydrogens is 272 g/mol. The number of aromatic carboxylic acids is 1. The maximum Gasteiger partial charge on any atom is 0.335 e. The van der Waals surface area contributed by atoms with Crippen LogP contribution in [0.15, 0.2) is 29.2 Å². The highest BCUT2D eigenvalue weighted by atomic mass is 32.2. The summed E-state index contributed by atoms with van der Waals surface area (Å²) in [5.41, 5.74) is 0.00957. The van der Waals surface area contributed by atoms with Gasteiger partial charge in [-0.2, -0.15) is 4.31 Å². The van der Waals surface area contributed by atoms with E-state index in [2.05, 4.69) is 5.32 Å². The van der Waals surface area contributed by atoms with E-state index in [1.807, 2.05) is 0 Å². The van der Waals surface area contributed by atoms with Crippen molar-refractivity contribution in [2.75, 3.05) is 19.6 Å². The number of amides is 1. The summed E-state index contributed by atoms with van der Waals surface area (Å²) < 4.78 is 25.5. The van der Waals surface area contributed by atoms with Crippen molar-refractivity contribution in [2.24, 2.45) is 0 Å². The van der Waals surface area contributed by atoms with Crippen LogP contribution in [0.3, 0.4) is 0 Å². The minimum atomic E-state index is -3.76. The lowest BCUT2D eigenvalue weighted by Gasteiger charge is -2.25. The molecule has 8 heteroatoms. The molecule has 1 saturated heterocycles. The van der Waals surface area contributed by atoms with Gasteiger partial charge in [-0.25, -0.2) is 13.2 Å². The van der Waals surface area contributed by atoms with Gasteiger partial charge >= 0.3 is 5.97 Å². The maximum absolute atomic E-state index is 12.2. The van der Waals surface area contributed by atoms with Crippen LogP contribution in [0, 0.1) is 0 Å². The molecule has 0 radical (unpaired) electrons. The number of carbonyl (C=O) groups is 2. The zero-order valence-corrected chi connectivity index (χ0v) is 10.7. The molecule has 0 atom stereocenters. The Morgan fingerprint density at radius 3 is 2.42 bits per heavy atom. The van der Waals surface area contributed by atoms with Gasteiger partial charge in [-0.05, 0) is 24.3 Å². The van der Waals surface area contributed by atoms with Crippen LogP contribution in [0.4, 0.5) is 0 Å². The van der Waals surface area contributed by atoms with Crippen LogP contribution in [-0.4, -0.2) is 49.3 Å². The number of nitrogens with one attached hydrogen (secondary N) is 1. The fraction of sp³-hybridized carbons (Fsp3) is 0.273. The summed E-state index contributed by atoms with van der Waals surface area (Å²) in [5, 5.41) is 11.3. The molecule has 0 aromatic heterocycles. The third-order valence-electron chi connectivity index (χ3n) is 2.74. The third kappa shape index (κ3) is 2.74. The zero-order valence-electron chi connectivity index (χ0n) is 9.87. The van der Waals surface area contributed by atoms with Crippen LogP contribution in [-0.2, 0) is 14.8 Å². The lowest BCUT2D eigenvalue weighted by molar-refractivity contribution is -0.122. The number of carboxylic acids is 1. The molecule has 19 heavy (non-hydrogen) atoms. The first kappa shape index (κ1) is 13.5. The van der Waals surface area contributed by atoms with Crippen molar-refractivity contribution in [1.82, 2.24) is 9.62 Å². The Bertz CT molecular complexity index is 608. The van der Waals surface area contributed by atoms with Gasteiger partial charge < -0.3 is 10.4 Å². The fourth-order valence-electron chi connectivity index (χ4n) is 1.74. The molecule has 7 nitrogen and oxygen atoms in total. The van der Waals surface area contributed by atoms with Crippen LogP contribution in [0.5, 0.6) is 0 Å². The second kappa shape index (κ2) is 4.98. The predicted octanol–water partition coefficient (Wildman–Crippen LogP) is -0.495. The number of nitrogens with zero attached hydrogens (tertiary/aromatic N) is 1. The Labute approximate surface area is 109 Å². The molecule has 2 rings (SSSR count). The molecule has 0 spiro atoms. The second-order valence-electron chi connectivity index (χ2n) is 4.02. The maximum atomic E-state index is 12.2. The first-order chi connectivity index (χ1) is 8.91. The number of sulfonamides is 1. The number of benzene rings is 1. The number of hydrogen-bond acceptors (Lipinski definition) is 4. The molecular formula is C11H12N2O5S. The smallest absolute Gasteiger partial charge is 0.335 e. The average Bonchev–Trinajstić information content (AvgIpc) is 2.39. The van der Waals surface area contributed by atoms with Crippen molar-refractivity contribution in [3.63, 3.8) is 0 Å². The summed E-state index contributed by atoms with van der Waals surface area (Å²) in [4.78, 5) is 21.9.